The van der Waals surface area contributed by atoms with Gasteiger partial charge in [0.15, 0.2) is 3.95 Å². The average Bonchev–Trinajstić information content (AvgIpc) is 3.18. The molecule has 2 amide bonds. The molecule has 0 radical (unpaired) electrons. The summed E-state index contributed by atoms with van der Waals surface area (Å²) in [6.45, 7) is 1.49. The van der Waals surface area contributed by atoms with Crippen LogP contribution in [0.1, 0.15) is 12.5 Å². The van der Waals surface area contributed by atoms with Crippen LogP contribution in [0.4, 0.5) is 5.13 Å². The van der Waals surface area contributed by atoms with Crippen molar-refractivity contribution in [2.24, 2.45) is 0 Å². The summed E-state index contributed by atoms with van der Waals surface area (Å²) in [4.78, 5) is 25.5. The van der Waals surface area contributed by atoms with E-state index in [0.717, 1.165) is 20.5 Å². The first-order chi connectivity index (χ1) is 15.6. The molecule has 174 valence electrons. The number of amides is 2. The highest BCUT2D eigenvalue weighted by atomic mass is 127. The van der Waals surface area contributed by atoms with E-state index in [1.165, 1.54) is 19.1 Å². The van der Waals surface area contributed by atoms with E-state index in [2.05, 4.69) is 48.1 Å². The number of rotatable bonds is 9. The number of halogens is 1. The van der Waals surface area contributed by atoms with Gasteiger partial charge < -0.3 is 5.32 Å². The summed E-state index contributed by atoms with van der Waals surface area (Å²) in [6, 6.07) is 13.2. The molecule has 33 heavy (non-hydrogen) atoms. The van der Waals surface area contributed by atoms with Crippen LogP contribution in [0.3, 0.4) is 0 Å². The van der Waals surface area contributed by atoms with Crippen molar-refractivity contribution in [3.8, 4) is 0 Å². The highest BCUT2D eigenvalue weighted by Crippen LogP contribution is 2.14. The Morgan fingerprint density at radius 3 is 2.39 bits per heavy atom. The second-order valence-corrected chi connectivity index (χ2v) is 11.6. The molecule has 4 N–H and O–H groups in total. The van der Waals surface area contributed by atoms with Crippen LogP contribution in [0.15, 0.2) is 59.5 Å². The van der Waals surface area contributed by atoms with E-state index in [0.29, 0.717) is 3.95 Å². The summed E-state index contributed by atoms with van der Waals surface area (Å²) in [5.41, 5.74) is 0.761. The first-order valence-electron chi connectivity index (χ1n) is 9.62. The maximum atomic E-state index is 13.0. The summed E-state index contributed by atoms with van der Waals surface area (Å²) in [5.74, 6) is -1.15. The van der Waals surface area contributed by atoms with Gasteiger partial charge in [-0.2, -0.15) is 4.72 Å². The van der Waals surface area contributed by atoms with Crippen molar-refractivity contribution in [2.75, 3.05) is 5.32 Å². The number of anilines is 1. The highest BCUT2D eigenvalue weighted by Gasteiger charge is 2.28. The highest BCUT2D eigenvalue weighted by molar-refractivity contribution is 14.1. The minimum atomic E-state index is -3.98. The van der Waals surface area contributed by atoms with Gasteiger partial charge in [0.05, 0.1) is 4.90 Å². The second-order valence-electron chi connectivity index (χ2n) is 6.96. The van der Waals surface area contributed by atoms with Crippen molar-refractivity contribution >= 4 is 73.1 Å². The van der Waals surface area contributed by atoms with Crippen LogP contribution in [0, 0.1) is 7.52 Å². The standard InChI is InChI=1S/C20H20IN5O4S3/c1-12(17(27)23-19-24-25-20(31)32-19)22-18(28)16(11-13-5-3-2-4-6-13)26-33(29,30)15-9-7-14(21)8-10-15/h2-10,12,16,26H,11H2,1H3,(H,22,28)(H,25,31)(H,23,24,27). The predicted molar refractivity (Wildman–Crippen MR) is 137 cm³/mol. The first-order valence-corrected chi connectivity index (χ1v) is 13.4. The number of benzene rings is 2. The normalized spacial score (nSPS) is 13.2. The summed E-state index contributed by atoms with van der Waals surface area (Å²) < 4.78 is 29.6. The molecule has 3 aromatic rings. The van der Waals surface area contributed by atoms with Crippen molar-refractivity contribution in [1.82, 2.24) is 20.2 Å². The Bertz CT molecular complexity index is 1280. The smallest absolute Gasteiger partial charge is 0.248 e. The van der Waals surface area contributed by atoms with Crippen LogP contribution in [-0.2, 0) is 26.0 Å². The number of nitrogens with one attached hydrogen (secondary N) is 4. The number of hydrogen-bond donors (Lipinski definition) is 4. The first kappa shape index (κ1) is 25.4. The molecule has 2 unspecified atom stereocenters. The van der Waals surface area contributed by atoms with Gasteiger partial charge >= 0.3 is 0 Å². The number of nitrogens with zero attached hydrogens (tertiary/aromatic N) is 1. The van der Waals surface area contributed by atoms with Crippen LogP contribution in [-0.4, -0.2) is 42.5 Å². The second kappa shape index (κ2) is 11.3. The fourth-order valence-electron chi connectivity index (χ4n) is 2.78. The number of carbonyl (C=O) groups is 2. The third kappa shape index (κ3) is 7.40. The lowest BCUT2D eigenvalue weighted by Gasteiger charge is -2.21. The van der Waals surface area contributed by atoms with E-state index >= 15 is 0 Å². The number of carbonyl (C=O) groups excluding carboxylic acids is 2. The van der Waals surface area contributed by atoms with Gasteiger partial charge in [0.1, 0.15) is 12.1 Å². The maximum absolute atomic E-state index is 13.0. The number of aromatic amines is 1. The van der Waals surface area contributed by atoms with Crippen molar-refractivity contribution in [1.29, 1.82) is 0 Å². The van der Waals surface area contributed by atoms with Crippen LogP contribution in [0.2, 0.25) is 0 Å². The summed E-state index contributed by atoms with van der Waals surface area (Å²) in [6.07, 6.45) is 0.103. The van der Waals surface area contributed by atoms with Crippen molar-refractivity contribution in [3.63, 3.8) is 0 Å². The van der Waals surface area contributed by atoms with E-state index in [1.807, 2.05) is 6.07 Å². The molecule has 0 saturated heterocycles. The molecule has 1 heterocycles. The van der Waals surface area contributed by atoms with Gasteiger partial charge in [0.25, 0.3) is 0 Å². The quantitative estimate of drug-likeness (QED) is 0.216. The molecule has 0 fully saturated rings. The average molecular weight is 618 g/mol. The van der Waals surface area contributed by atoms with Crippen molar-refractivity contribution < 1.29 is 18.0 Å². The van der Waals surface area contributed by atoms with Gasteiger partial charge in [0.2, 0.25) is 27.0 Å². The van der Waals surface area contributed by atoms with Gasteiger partial charge in [-0.15, -0.1) is 5.10 Å². The van der Waals surface area contributed by atoms with Gasteiger partial charge in [-0.1, -0.05) is 41.7 Å². The molecule has 2 atom stereocenters. The third-order valence-electron chi connectivity index (χ3n) is 4.44. The molecule has 0 aliphatic heterocycles. The van der Waals surface area contributed by atoms with Crippen LogP contribution >= 0.6 is 46.1 Å². The molecule has 9 nitrogen and oxygen atoms in total. The van der Waals surface area contributed by atoms with Crippen molar-refractivity contribution in [3.05, 3.63) is 67.7 Å². The van der Waals surface area contributed by atoms with E-state index in [-0.39, 0.29) is 16.4 Å². The molecule has 0 aliphatic rings. The SMILES string of the molecule is CC(NC(=O)C(Cc1ccccc1)NS(=O)(=O)c1ccc(I)cc1)C(=O)Nc1n[nH]c(=S)s1. The minimum absolute atomic E-state index is 0.0410. The molecule has 3 rings (SSSR count). The van der Waals surface area contributed by atoms with E-state index in [4.69, 9.17) is 12.2 Å². The van der Waals surface area contributed by atoms with E-state index < -0.39 is 33.9 Å². The Morgan fingerprint density at radius 2 is 1.79 bits per heavy atom. The Kier molecular flexibility index (Phi) is 8.69. The van der Waals surface area contributed by atoms with Gasteiger partial charge in [-0.25, -0.2) is 8.42 Å². The number of sulfonamides is 1. The summed E-state index contributed by atoms with van der Waals surface area (Å²) in [5, 5.41) is 11.8. The zero-order chi connectivity index (χ0) is 24.0. The molecule has 13 heteroatoms. The van der Waals surface area contributed by atoms with Crippen LogP contribution in [0.25, 0.3) is 0 Å². The van der Waals surface area contributed by atoms with Gasteiger partial charge in [-0.3, -0.25) is 20.0 Å². The minimum Gasteiger partial charge on any atom is -0.343 e. The molecular weight excluding hydrogens is 597 g/mol. The Balaban J connectivity index is 1.76. The van der Waals surface area contributed by atoms with Gasteiger partial charge in [-0.05, 0) is 78.0 Å². The lowest BCUT2D eigenvalue weighted by molar-refractivity contribution is -0.127. The molecule has 2 aromatic carbocycles. The zero-order valence-electron chi connectivity index (χ0n) is 17.2. The van der Waals surface area contributed by atoms with Crippen LogP contribution < -0.4 is 15.4 Å². The number of H-pyrrole nitrogens is 1. The molecule has 0 aliphatic carbocycles. The zero-order valence-corrected chi connectivity index (χ0v) is 21.8. The monoisotopic (exact) mass is 617 g/mol. The predicted octanol–water partition coefficient (Wildman–Crippen LogP) is 2.84. The lowest BCUT2D eigenvalue weighted by Crippen LogP contribution is -2.52. The lowest BCUT2D eigenvalue weighted by atomic mass is 10.1. The Hall–Kier alpha value is -2.20. The molecule has 0 bridgehead atoms. The third-order valence-corrected chi connectivity index (χ3v) is 7.65. The van der Waals surface area contributed by atoms with Gasteiger partial charge in [0, 0.05) is 3.57 Å². The number of hydrogen-bond acceptors (Lipinski definition) is 7. The van der Waals surface area contributed by atoms with Crippen molar-refractivity contribution in [2.45, 2.75) is 30.3 Å². The molecular formula is C20H20IN5O4S3. The molecule has 0 saturated carbocycles. The Morgan fingerprint density at radius 1 is 1.12 bits per heavy atom. The fraction of sp³-hybridized carbons (Fsp3) is 0.200. The summed E-state index contributed by atoms with van der Waals surface area (Å²) in [7, 11) is -3.98. The largest absolute Gasteiger partial charge is 0.343 e. The Labute approximate surface area is 213 Å². The molecule has 1 aromatic heterocycles. The van der Waals surface area contributed by atoms with Crippen LogP contribution in [0.5, 0.6) is 0 Å². The number of aromatic nitrogens is 2. The maximum Gasteiger partial charge on any atom is 0.248 e. The fourth-order valence-corrected chi connectivity index (χ4v) is 5.13. The van der Waals surface area contributed by atoms with E-state index in [9.17, 15) is 18.0 Å². The topological polar surface area (TPSA) is 133 Å². The molecule has 0 spiro atoms. The van der Waals surface area contributed by atoms with E-state index in [1.54, 1.807) is 36.4 Å². The summed E-state index contributed by atoms with van der Waals surface area (Å²) >= 11 is 8.08.